The molecule has 0 radical (unpaired) electrons. The van der Waals surface area contributed by atoms with E-state index in [1.807, 2.05) is 6.92 Å². The van der Waals surface area contributed by atoms with Gasteiger partial charge in [-0.1, -0.05) is 6.07 Å². The van der Waals surface area contributed by atoms with E-state index >= 15 is 4.39 Å². The first-order valence-electron chi connectivity index (χ1n) is 12.9. The Kier molecular flexibility index (Phi) is 6.44. The quantitative estimate of drug-likeness (QED) is 0.249. The van der Waals surface area contributed by atoms with Crippen LogP contribution in [0.1, 0.15) is 50.5 Å². The lowest BCUT2D eigenvalue weighted by Crippen LogP contribution is -2.16. The van der Waals surface area contributed by atoms with Crippen molar-refractivity contribution >= 4 is 17.5 Å². The van der Waals surface area contributed by atoms with E-state index in [-0.39, 0.29) is 23.7 Å². The van der Waals surface area contributed by atoms with Crippen molar-refractivity contribution in [2.45, 2.75) is 32.9 Å². The Morgan fingerprint density at radius 3 is 2.51 bits per heavy atom. The molecule has 198 valence electrons. The van der Waals surface area contributed by atoms with Gasteiger partial charge in [0.1, 0.15) is 17.5 Å². The molecule has 4 aromatic rings. The molecule has 9 heteroatoms. The highest BCUT2D eigenvalue weighted by Crippen LogP contribution is 2.37. The van der Waals surface area contributed by atoms with Gasteiger partial charge in [-0.05, 0) is 91.9 Å². The maximum Gasteiger partial charge on any atom is 0.255 e. The minimum atomic E-state index is -0.543. The lowest BCUT2D eigenvalue weighted by molar-refractivity contribution is 0.0965. The Morgan fingerprint density at radius 1 is 1.03 bits per heavy atom. The van der Waals surface area contributed by atoms with E-state index in [2.05, 4.69) is 25.9 Å². The zero-order valence-electron chi connectivity index (χ0n) is 21.3. The molecule has 0 atom stereocenters. The van der Waals surface area contributed by atoms with E-state index in [1.165, 1.54) is 43.2 Å². The van der Waals surface area contributed by atoms with Gasteiger partial charge in [-0.25, -0.2) is 13.8 Å². The van der Waals surface area contributed by atoms with E-state index in [4.69, 9.17) is 0 Å². The normalized spacial score (nSPS) is 14.3. The average Bonchev–Trinajstić information content (AvgIpc) is 3.56. The van der Waals surface area contributed by atoms with Crippen LogP contribution in [0, 0.1) is 24.5 Å². The fourth-order valence-electron chi connectivity index (χ4n) is 4.93. The summed E-state index contributed by atoms with van der Waals surface area (Å²) in [7, 11) is 0. The number of carbonyl (C=O) groups excluding carboxylic acids is 2. The van der Waals surface area contributed by atoms with Crippen LogP contribution in [0.25, 0.3) is 22.5 Å². The van der Waals surface area contributed by atoms with E-state index in [9.17, 15) is 14.0 Å². The molecule has 2 aliphatic rings. The molecule has 39 heavy (non-hydrogen) atoms. The number of aromatic amines is 1. The van der Waals surface area contributed by atoms with Crippen molar-refractivity contribution in [2.75, 3.05) is 11.9 Å². The molecule has 2 heterocycles. The predicted molar refractivity (Wildman–Crippen MR) is 144 cm³/mol. The lowest BCUT2D eigenvalue weighted by Gasteiger charge is -2.13. The molecule has 0 saturated heterocycles. The van der Waals surface area contributed by atoms with Crippen LogP contribution in [0.15, 0.2) is 54.6 Å². The average molecular weight is 528 g/mol. The Labute approximate surface area is 224 Å². The number of hydrogen-bond acceptors (Lipinski definition) is 4. The molecule has 1 aromatic heterocycles. The number of rotatable bonds is 8. The number of hydrogen-bond donors (Lipinski definition) is 4. The maximum absolute atomic E-state index is 15.3. The number of nitrogens with zero attached hydrogens (tertiary/aromatic N) is 1. The first-order valence-corrected chi connectivity index (χ1v) is 12.9. The summed E-state index contributed by atoms with van der Waals surface area (Å²) in [6, 6.07) is 13.1. The summed E-state index contributed by atoms with van der Waals surface area (Å²) in [6.07, 6.45) is 2.56. The molecule has 0 unspecified atom stereocenters. The molecule has 1 aliphatic carbocycles. The minimum Gasteiger partial charge on any atom is -0.348 e. The summed E-state index contributed by atoms with van der Waals surface area (Å²) in [4.78, 5) is 33.4. The third-order valence-corrected chi connectivity index (χ3v) is 7.26. The number of benzene rings is 3. The van der Waals surface area contributed by atoms with E-state index in [0.717, 1.165) is 23.9 Å². The molecular weight excluding hydrogens is 500 g/mol. The number of imidazole rings is 1. The maximum atomic E-state index is 15.3. The van der Waals surface area contributed by atoms with Crippen molar-refractivity contribution in [3.8, 4) is 22.5 Å². The zero-order chi connectivity index (χ0) is 27.1. The van der Waals surface area contributed by atoms with Gasteiger partial charge in [-0.15, -0.1) is 0 Å². The van der Waals surface area contributed by atoms with Crippen molar-refractivity contribution in [2.24, 2.45) is 5.92 Å². The van der Waals surface area contributed by atoms with E-state index in [0.29, 0.717) is 40.2 Å². The SMILES string of the molecule is Cc1nc(-c2ccc(-c3ccc(NC(=O)c4ccc(F)cc4)cc3F)c3c2C(=O)NC3)[nH]c1CNCC1CC1. The van der Waals surface area contributed by atoms with Crippen molar-refractivity contribution in [1.29, 1.82) is 0 Å². The van der Waals surface area contributed by atoms with Crippen molar-refractivity contribution < 1.29 is 18.4 Å². The molecule has 6 rings (SSSR count). The summed E-state index contributed by atoms with van der Waals surface area (Å²) in [5, 5.41) is 8.96. The Balaban J connectivity index is 1.27. The van der Waals surface area contributed by atoms with Gasteiger partial charge in [0, 0.05) is 35.5 Å². The van der Waals surface area contributed by atoms with Crippen LogP contribution in [0.4, 0.5) is 14.5 Å². The highest BCUT2D eigenvalue weighted by Gasteiger charge is 2.29. The second-order valence-corrected chi connectivity index (χ2v) is 10.1. The van der Waals surface area contributed by atoms with Gasteiger partial charge in [0.15, 0.2) is 0 Å². The minimum absolute atomic E-state index is 0.229. The van der Waals surface area contributed by atoms with E-state index < -0.39 is 17.5 Å². The standard InChI is InChI=1S/C30H27F2N5O2/c1-16-26(15-33-13-17-2-3-17)37-28(35-16)23-11-10-21(24-14-34-30(39)27(23)24)22-9-8-20(12-25(22)32)36-29(38)18-4-6-19(31)7-5-18/h4-12,17,33H,2-3,13-15H2,1H3,(H,34,39)(H,35,37)(H,36,38). The summed E-state index contributed by atoms with van der Waals surface area (Å²) in [5.41, 5.74) is 5.12. The fraction of sp³-hybridized carbons (Fsp3) is 0.233. The number of H-pyrrole nitrogens is 1. The lowest BCUT2D eigenvalue weighted by atomic mass is 9.92. The van der Waals surface area contributed by atoms with Crippen LogP contribution in [-0.2, 0) is 13.1 Å². The molecule has 0 spiro atoms. The molecule has 3 aromatic carbocycles. The highest BCUT2D eigenvalue weighted by molar-refractivity contribution is 6.06. The summed E-state index contributed by atoms with van der Waals surface area (Å²) in [5.74, 6) is -0.315. The van der Waals surface area contributed by atoms with E-state index in [1.54, 1.807) is 24.3 Å². The molecule has 4 N–H and O–H groups in total. The predicted octanol–water partition coefficient (Wildman–Crippen LogP) is 5.33. The van der Waals surface area contributed by atoms with Gasteiger partial charge < -0.3 is 20.9 Å². The Bertz CT molecular complexity index is 1590. The van der Waals surface area contributed by atoms with Crippen molar-refractivity contribution in [1.82, 2.24) is 20.6 Å². The molecule has 2 amide bonds. The van der Waals surface area contributed by atoms with Gasteiger partial charge >= 0.3 is 0 Å². The monoisotopic (exact) mass is 527 g/mol. The van der Waals surface area contributed by atoms with Gasteiger partial charge in [0.05, 0.1) is 17.0 Å². The Morgan fingerprint density at radius 2 is 1.77 bits per heavy atom. The van der Waals surface area contributed by atoms with Gasteiger partial charge in [0.25, 0.3) is 11.8 Å². The first kappa shape index (κ1) is 24.9. The van der Waals surface area contributed by atoms with Crippen LogP contribution in [0.3, 0.4) is 0 Å². The zero-order valence-corrected chi connectivity index (χ0v) is 21.3. The van der Waals surface area contributed by atoms with Crippen molar-refractivity contribution in [3.63, 3.8) is 0 Å². The summed E-state index contributed by atoms with van der Waals surface area (Å²) >= 11 is 0. The number of carbonyl (C=O) groups is 2. The first-order chi connectivity index (χ1) is 18.9. The molecule has 1 aliphatic heterocycles. The molecule has 7 nitrogen and oxygen atoms in total. The smallest absolute Gasteiger partial charge is 0.255 e. The van der Waals surface area contributed by atoms with Crippen LogP contribution in [0.2, 0.25) is 0 Å². The van der Waals surface area contributed by atoms with Crippen LogP contribution < -0.4 is 16.0 Å². The third kappa shape index (κ3) is 5.05. The van der Waals surface area contributed by atoms with Gasteiger partial charge in [-0.2, -0.15) is 0 Å². The topological polar surface area (TPSA) is 98.9 Å². The largest absolute Gasteiger partial charge is 0.348 e. The number of anilines is 1. The third-order valence-electron chi connectivity index (χ3n) is 7.26. The summed E-state index contributed by atoms with van der Waals surface area (Å²) in [6.45, 7) is 3.88. The molecule has 0 bridgehead atoms. The number of fused-ring (bicyclic) bond motifs is 1. The number of halogens is 2. The second-order valence-electron chi connectivity index (χ2n) is 10.1. The molecule has 1 fully saturated rings. The van der Waals surface area contributed by atoms with Gasteiger partial charge in [-0.3, -0.25) is 9.59 Å². The van der Waals surface area contributed by atoms with Gasteiger partial charge in [0.2, 0.25) is 0 Å². The number of aromatic nitrogens is 2. The molecule has 1 saturated carbocycles. The Hall–Kier alpha value is -4.37. The number of amides is 2. The van der Waals surface area contributed by atoms with Crippen LogP contribution in [-0.4, -0.2) is 28.3 Å². The van der Waals surface area contributed by atoms with Crippen LogP contribution >= 0.6 is 0 Å². The van der Waals surface area contributed by atoms with Crippen molar-refractivity contribution in [3.05, 3.63) is 94.3 Å². The highest BCUT2D eigenvalue weighted by atomic mass is 19.1. The second kappa shape index (κ2) is 10.1. The summed E-state index contributed by atoms with van der Waals surface area (Å²) < 4.78 is 28.5. The van der Waals surface area contributed by atoms with Crippen LogP contribution in [0.5, 0.6) is 0 Å². The number of nitrogens with one attached hydrogen (secondary N) is 4. The molecular formula is C30H27F2N5O2. The number of aryl methyl sites for hydroxylation is 1. The fourth-order valence-corrected chi connectivity index (χ4v) is 4.93.